The number of pyridine rings is 1. The van der Waals surface area contributed by atoms with Crippen molar-refractivity contribution in [3.8, 4) is 11.1 Å². The maximum Gasteiger partial charge on any atom is 0.248 e. The van der Waals surface area contributed by atoms with E-state index in [2.05, 4.69) is 9.88 Å². The van der Waals surface area contributed by atoms with Gasteiger partial charge in [-0.1, -0.05) is 29.3 Å². The van der Waals surface area contributed by atoms with Gasteiger partial charge in [-0.15, -0.1) is 0 Å². The molecule has 0 bridgehead atoms. The van der Waals surface area contributed by atoms with Crippen LogP contribution in [-0.2, 0) is 0 Å². The number of carbonyl (C=O) groups excluding carboxylic acids is 2. The van der Waals surface area contributed by atoms with Gasteiger partial charge < -0.3 is 15.5 Å². The molecule has 0 radical (unpaired) electrons. The fourth-order valence-corrected chi connectivity index (χ4v) is 4.21. The summed E-state index contributed by atoms with van der Waals surface area (Å²) in [4.78, 5) is 32.9. The first-order valence-electron chi connectivity index (χ1n) is 10.7. The third-order valence-corrected chi connectivity index (χ3v) is 6.14. The Morgan fingerprint density at radius 3 is 2.38 bits per heavy atom. The van der Waals surface area contributed by atoms with E-state index < -0.39 is 17.5 Å². The van der Waals surface area contributed by atoms with E-state index in [1.165, 1.54) is 18.2 Å². The summed E-state index contributed by atoms with van der Waals surface area (Å²) in [5.74, 6) is -1.15. The fraction of sp³-hybridized carbons (Fsp3) is 0.240. The standard InChI is InChI=1S/C25H25Cl2FN4O2/c1-4-32(5-2)21-12-16(17-11-15(24(29)34)9-10-18(17)26)13-30-25(21)31(3)14-22(33)23-19(27)7-6-8-20(23)28/h6-13H,4-5,14H2,1-3H3,(H2,29,34). The molecule has 1 heterocycles. The summed E-state index contributed by atoms with van der Waals surface area (Å²) in [7, 11) is 1.71. The Labute approximate surface area is 208 Å². The molecular weight excluding hydrogens is 478 g/mol. The van der Waals surface area contributed by atoms with Crippen LogP contribution in [0.5, 0.6) is 0 Å². The van der Waals surface area contributed by atoms with Gasteiger partial charge in [-0.25, -0.2) is 9.37 Å². The third-order valence-electron chi connectivity index (χ3n) is 5.50. The van der Waals surface area contributed by atoms with Crippen molar-refractivity contribution in [3.05, 3.63) is 75.7 Å². The largest absolute Gasteiger partial charge is 0.369 e. The number of benzene rings is 2. The number of hydrogen-bond donors (Lipinski definition) is 1. The van der Waals surface area contributed by atoms with E-state index in [1.54, 1.807) is 36.3 Å². The number of Topliss-reactive ketones (excluding diaryl/α,β-unsaturated/α-hetero) is 1. The van der Waals surface area contributed by atoms with Gasteiger partial charge in [-0.05, 0) is 50.2 Å². The number of halogens is 3. The molecule has 9 heteroatoms. The highest BCUT2D eigenvalue weighted by atomic mass is 35.5. The first-order chi connectivity index (χ1) is 16.2. The molecule has 1 amide bonds. The zero-order valence-electron chi connectivity index (χ0n) is 19.1. The number of nitrogens with zero attached hydrogens (tertiary/aromatic N) is 3. The second kappa shape index (κ2) is 10.8. The highest BCUT2D eigenvalue weighted by molar-refractivity contribution is 6.34. The molecule has 0 spiro atoms. The molecule has 0 saturated heterocycles. The van der Waals surface area contributed by atoms with E-state index in [9.17, 15) is 14.0 Å². The second-order valence-corrected chi connectivity index (χ2v) is 8.49. The van der Waals surface area contributed by atoms with E-state index in [1.807, 2.05) is 19.9 Å². The number of rotatable bonds is 9. The first-order valence-corrected chi connectivity index (χ1v) is 11.5. The summed E-state index contributed by atoms with van der Waals surface area (Å²) in [5, 5.41) is 0.512. The number of anilines is 2. The molecule has 1 aromatic heterocycles. The summed E-state index contributed by atoms with van der Waals surface area (Å²) in [6.07, 6.45) is 1.62. The fourth-order valence-electron chi connectivity index (χ4n) is 3.72. The van der Waals surface area contributed by atoms with E-state index in [0.717, 1.165) is 5.69 Å². The second-order valence-electron chi connectivity index (χ2n) is 7.67. The van der Waals surface area contributed by atoms with Crippen LogP contribution in [0.2, 0.25) is 10.0 Å². The number of nitrogens with two attached hydrogens (primary N) is 1. The first kappa shape index (κ1) is 25.5. The van der Waals surface area contributed by atoms with Crippen LogP contribution in [0.15, 0.2) is 48.7 Å². The van der Waals surface area contributed by atoms with E-state index in [-0.39, 0.29) is 17.1 Å². The summed E-state index contributed by atoms with van der Waals surface area (Å²) < 4.78 is 14.2. The van der Waals surface area contributed by atoms with Crippen molar-refractivity contribution >= 4 is 46.4 Å². The molecule has 2 N–H and O–H groups in total. The van der Waals surface area contributed by atoms with Crippen molar-refractivity contribution in [2.75, 3.05) is 36.5 Å². The van der Waals surface area contributed by atoms with Crippen LogP contribution in [0.25, 0.3) is 11.1 Å². The van der Waals surface area contributed by atoms with E-state index in [4.69, 9.17) is 28.9 Å². The number of amides is 1. The van der Waals surface area contributed by atoms with Gasteiger partial charge in [0.25, 0.3) is 0 Å². The van der Waals surface area contributed by atoms with Gasteiger partial charge in [0, 0.05) is 48.0 Å². The van der Waals surface area contributed by atoms with Gasteiger partial charge in [-0.3, -0.25) is 9.59 Å². The van der Waals surface area contributed by atoms with Crippen molar-refractivity contribution in [1.82, 2.24) is 4.98 Å². The maximum absolute atomic E-state index is 14.2. The van der Waals surface area contributed by atoms with E-state index >= 15 is 0 Å². The molecule has 178 valence electrons. The molecule has 3 aromatic rings. The predicted molar refractivity (Wildman–Crippen MR) is 136 cm³/mol. The molecule has 34 heavy (non-hydrogen) atoms. The Hall–Kier alpha value is -3.16. The molecule has 2 aromatic carbocycles. The number of likely N-dealkylation sites (N-methyl/N-ethyl adjacent to an activating group) is 1. The lowest BCUT2D eigenvalue weighted by Crippen LogP contribution is -2.31. The summed E-state index contributed by atoms with van der Waals surface area (Å²) in [5.41, 5.74) is 7.68. The molecule has 0 aliphatic heterocycles. The summed E-state index contributed by atoms with van der Waals surface area (Å²) >= 11 is 12.5. The van der Waals surface area contributed by atoms with Crippen LogP contribution in [0.4, 0.5) is 15.9 Å². The SMILES string of the molecule is CCN(CC)c1cc(-c2cc(C(N)=O)ccc2Cl)cnc1N(C)CC(=O)c1c(F)cccc1Cl. The monoisotopic (exact) mass is 502 g/mol. The average Bonchev–Trinajstić information content (AvgIpc) is 2.79. The van der Waals surface area contributed by atoms with Gasteiger partial charge in [0.05, 0.1) is 22.8 Å². The zero-order valence-corrected chi connectivity index (χ0v) is 20.6. The average molecular weight is 503 g/mol. The molecule has 0 aliphatic carbocycles. The van der Waals surface area contributed by atoms with Crippen molar-refractivity contribution in [3.63, 3.8) is 0 Å². The van der Waals surface area contributed by atoms with Crippen molar-refractivity contribution in [2.45, 2.75) is 13.8 Å². The highest BCUT2D eigenvalue weighted by Crippen LogP contribution is 2.35. The number of hydrogen-bond acceptors (Lipinski definition) is 5. The van der Waals surface area contributed by atoms with Gasteiger partial charge in [0.15, 0.2) is 11.6 Å². The molecule has 3 rings (SSSR count). The molecule has 0 atom stereocenters. The Morgan fingerprint density at radius 1 is 1.06 bits per heavy atom. The summed E-state index contributed by atoms with van der Waals surface area (Å²) in [6, 6.07) is 10.8. The lowest BCUT2D eigenvalue weighted by Gasteiger charge is -2.28. The number of carbonyl (C=O) groups is 2. The Morgan fingerprint density at radius 2 is 1.76 bits per heavy atom. The Bertz CT molecular complexity index is 1210. The van der Waals surface area contributed by atoms with Gasteiger partial charge >= 0.3 is 0 Å². The van der Waals surface area contributed by atoms with Crippen molar-refractivity contribution in [1.29, 1.82) is 0 Å². The van der Waals surface area contributed by atoms with Crippen molar-refractivity contribution < 1.29 is 14.0 Å². The smallest absolute Gasteiger partial charge is 0.248 e. The highest BCUT2D eigenvalue weighted by Gasteiger charge is 2.22. The zero-order chi connectivity index (χ0) is 25.0. The van der Waals surface area contributed by atoms with Crippen LogP contribution in [0, 0.1) is 5.82 Å². The Kier molecular flexibility index (Phi) is 8.12. The van der Waals surface area contributed by atoms with Gasteiger partial charge in [-0.2, -0.15) is 0 Å². The Balaban J connectivity index is 2.04. The number of primary amides is 1. The van der Waals surface area contributed by atoms with E-state index in [0.29, 0.717) is 40.6 Å². The minimum Gasteiger partial charge on any atom is -0.369 e. The molecule has 0 unspecified atom stereocenters. The van der Waals surface area contributed by atoms with Crippen LogP contribution in [0.3, 0.4) is 0 Å². The molecule has 0 saturated carbocycles. The molecule has 0 aliphatic rings. The predicted octanol–water partition coefficient (Wildman–Crippen LogP) is 5.46. The van der Waals surface area contributed by atoms with Crippen LogP contribution >= 0.6 is 23.2 Å². The maximum atomic E-state index is 14.2. The van der Waals surface area contributed by atoms with Gasteiger partial charge in [0.2, 0.25) is 5.91 Å². The number of aromatic nitrogens is 1. The minimum atomic E-state index is -0.665. The molecule has 6 nitrogen and oxygen atoms in total. The van der Waals surface area contributed by atoms with Crippen molar-refractivity contribution in [2.24, 2.45) is 5.73 Å². The third kappa shape index (κ3) is 5.32. The minimum absolute atomic E-state index is 0.0645. The number of ketones is 1. The lowest BCUT2D eigenvalue weighted by molar-refractivity contribution is 0.0990. The molecule has 0 fully saturated rings. The molecular formula is C25H25Cl2FN4O2. The summed E-state index contributed by atoms with van der Waals surface area (Å²) in [6.45, 7) is 5.25. The quantitative estimate of drug-likeness (QED) is 0.393. The van der Waals surface area contributed by atoms with Gasteiger partial charge in [0.1, 0.15) is 5.82 Å². The van der Waals surface area contributed by atoms with Crippen LogP contribution in [0.1, 0.15) is 34.6 Å². The lowest BCUT2D eigenvalue weighted by atomic mass is 10.0. The topological polar surface area (TPSA) is 79.5 Å². The van der Waals surface area contributed by atoms with Crippen LogP contribution < -0.4 is 15.5 Å². The van der Waals surface area contributed by atoms with Crippen LogP contribution in [-0.4, -0.2) is 43.4 Å². The normalized spacial score (nSPS) is 10.8.